The van der Waals surface area contributed by atoms with Crippen LogP contribution in [0.25, 0.3) is 0 Å². The van der Waals surface area contributed by atoms with E-state index in [-0.39, 0.29) is 6.29 Å². The van der Waals surface area contributed by atoms with E-state index in [2.05, 4.69) is 49.4 Å². The smallest absolute Gasteiger partial charge is 0.223 e. The summed E-state index contributed by atoms with van der Waals surface area (Å²) in [5.74, 6) is 1.01. The van der Waals surface area contributed by atoms with Crippen LogP contribution in [0.2, 0.25) is 0 Å². The van der Waals surface area contributed by atoms with E-state index >= 15 is 0 Å². The molecule has 0 bridgehead atoms. The second kappa shape index (κ2) is 12.8. The molecule has 2 heteroatoms. The Labute approximate surface area is 153 Å². The lowest BCUT2D eigenvalue weighted by Gasteiger charge is -2.09. The lowest BCUT2D eigenvalue weighted by Crippen LogP contribution is -2.01. The van der Waals surface area contributed by atoms with Crippen molar-refractivity contribution in [2.75, 3.05) is 6.61 Å². The predicted octanol–water partition coefficient (Wildman–Crippen LogP) is 6.61. The number of unbranched alkanes of at least 4 members (excludes halogenated alkanes) is 7. The van der Waals surface area contributed by atoms with Crippen LogP contribution in [0.3, 0.4) is 0 Å². The van der Waals surface area contributed by atoms with E-state index in [1.807, 2.05) is 6.07 Å². The van der Waals surface area contributed by atoms with Crippen molar-refractivity contribution in [1.29, 1.82) is 0 Å². The second-order valence-corrected chi connectivity index (χ2v) is 6.78. The molecular formula is C23H34O2. The van der Waals surface area contributed by atoms with Gasteiger partial charge in [0.2, 0.25) is 6.29 Å². The van der Waals surface area contributed by atoms with Gasteiger partial charge in [-0.3, -0.25) is 0 Å². The summed E-state index contributed by atoms with van der Waals surface area (Å²) in [6.45, 7) is 2.81. The minimum atomic E-state index is -0.000829. The Balaban J connectivity index is 1.44. The first-order valence-electron chi connectivity index (χ1n) is 10.0. The summed E-state index contributed by atoms with van der Waals surface area (Å²) in [4.78, 5) is 0. The molecule has 25 heavy (non-hydrogen) atoms. The van der Waals surface area contributed by atoms with E-state index in [1.54, 1.807) is 0 Å². The number of benzene rings is 1. The van der Waals surface area contributed by atoms with Gasteiger partial charge in [-0.15, -0.1) is 0 Å². The van der Waals surface area contributed by atoms with Gasteiger partial charge in [0.15, 0.2) is 0 Å². The maximum absolute atomic E-state index is 5.79. The van der Waals surface area contributed by atoms with Crippen LogP contribution in [0.5, 0.6) is 5.75 Å². The van der Waals surface area contributed by atoms with E-state index in [0.717, 1.165) is 25.2 Å². The zero-order valence-electron chi connectivity index (χ0n) is 15.8. The van der Waals surface area contributed by atoms with Crippen LogP contribution in [-0.2, 0) is 11.2 Å². The summed E-state index contributed by atoms with van der Waals surface area (Å²) in [7, 11) is 0. The van der Waals surface area contributed by atoms with E-state index < -0.39 is 0 Å². The van der Waals surface area contributed by atoms with Gasteiger partial charge >= 0.3 is 0 Å². The fourth-order valence-electron chi connectivity index (χ4n) is 2.96. The number of rotatable bonds is 14. The third kappa shape index (κ3) is 9.50. The highest BCUT2D eigenvalue weighted by atomic mass is 16.8. The topological polar surface area (TPSA) is 21.8 Å². The molecule has 1 aliphatic heterocycles. The maximum atomic E-state index is 5.79. The highest BCUT2D eigenvalue weighted by Gasteiger charge is 2.25. The zero-order valence-corrected chi connectivity index (χ0v) is 15.8. The summed E-state index contributed by atoms with van der Waals surface area (Å²) >= 11 is 0. The fourth-order valence-corrected chi connectivity index (χ4v) is 2.96. The average molecular weight is 343 g/mol. The molecule has 0 amide bonds. The third-order valence-corrected chi connectivity index (χ3v) is 4.53. The van der Waals surface area contributed by atoms with Crippen molar-refractivity contribution >= 4 is 0 Å². The Bertz CT molecular complexity index is 515. The number of hydrogen-bond acceptors (Lipinski definition) is 2. The largest absolute Gasteiger partial charge is 0.462 e. The highest BCUT2D eigenvalue weighted by Crippen LogP contribution is 2.25. The molecule has 0 saturated carbocycles. The molecule has 1 fully saturated rings. The van der Waals surface area contributed by atoms with Crippen molar-refractivity contribution in [2.45, 2.75) is 77.4 Å². The van der Waals surface area contributed by atoms with Crippen molar-refractivity contribution in [3.05, 3.63) is 54.1 Å². The second-order valence-electron chi connectivity index (χ2n) is 6.78. The Morgan fingerprint density at radius 2 is 1.68 bits per heavy atom. The Morgan fingerprint density at radius 1 is 0.960 bits per heavy atom. The molecule has 1 atom stereocenters. The lowest BCUT2D eigenvalue weighted by atomic mass is 10.0. The van der Waals surface area contributed by atoms with Crippen LogP contribution in [-0.4, -0.2) is 12.9 Å². The van der Waals surface area contributed by atoms with Gasteiger partial charge in [-0.05, 0) is 50.7 Å². The van der Waals surface area contributed by atoms with Crippen LogP contribution in [0.4, 0.5) is 0 Å². The Hall–Kier alpha value is -1.54. The number of ether oxygens (including phenoxy) is 2. The first-order chi connectivity index (χ1) is 12.4. The number of para-hydroxylation sites is 1. The average Bonchev–Trinajstić information content (AvgIpc) is 3.44. The first kappa shape index (κ1) is 19.8. The van der Waals surface area contributed by atoms with Gasteiger partial charge in [-0.25, -0.2) is 0 Å². The van der Waals surface area contributed by atoms with Gasteiger partial charge in [0.05, 0.1) is 0 Å². The number of aryl methyl sites for hydroxylation is 1. The summed E-state index contributed by atoms with van der Waals surface area (Å²) in [5, 5.41) is 0. The van der Waals surface area contributed by atoms with Crippen molar-refractivity contribution in [1.82, 2.24) is 0 Å². The van der Waals surface area contributed by atoms with Crippen molar-refractivity contribution in [2.24, 2.45) is 0 Å². The van der Waals surface area contributed by atoms with Crippen LogP contribution in [0.15, 0.2) is 48.6 Å². The standard InChI is InChI=1S/C23H34O2/c1-2-3-4-5-6-7-8-9-10-11-12-13-14-17-21-18-15-16-19-22(21)25-23-20-24-23/h2-3,5-6,15-16,18-19,23H,4,7-14,17,20H2,1H3/b3-2+,6-5+. The van der Waals surface area contributed by atoms with Crippen LogP contribution < -0.4 is 4.74 Å². The Kier molecular flexibility index (Phi) is 10.1. The molecule has 0 aliphatic carbocycles. The van der Waals surface area contributed by atoms with Gasteiger partial charge < -0.3 is 9.47 Å². The van der Waals surface area contributed by atoms with E-state index in [0.29, 0.717) is 0 Å². The maximum Gasteiger partial charge on any atom is 0.223 e. The molecular weight excluding hydrogens is 308 g/mol. The van der Waals surface area contributed by atoms with Gasteiger partial charge in [0, 0.05) is 0 Å². The number of allylic oxidation sites excluding steroid dienone is 4. The molecule has 1 heterocycles. The third-order valence-electron chi connectivity index (χ3n) is 4.53. The van der Waals surface area contributed by atoms with Crippen LogP contribution >= 0.6 is 0 Å². The quantitative estimate of drug-likeness (QED) is 0.216. The van der Waals surface area contributed by atoms with E-state index in [4.69, 9.17) is 9.47 Å². The van der Waals surface area contributed by atoms with Gasteiger partial charge in [0.25, 0.3) is 0 Å². The number of hydrogen-bond donors (Lipinski definition) is 0. The molecule has 0 radical (unpaired) electrons. The molecule has 1 unspecified atom stereocenters. The van der Waals surface area contributed by atoms with Gasteiger partial charge in [-0.1, -0.05) is 74.6 Å². The Morgan fingerprint density at radius 3 is 2.44 bits per heavy atom. The summed E-state index contributed by atoms with van der Waals surface area (Å²) < 4.78 is 10.9. The van der Waals surface area contributed by atoms with Gasteiger partial charge in [0.1, 0.15) is 12.4 Å². The first-order valence-corrected chi connectivity index (χ1v) is 10.0. The zero-order chi connectivity index (χ0) is 17.6. The molecule has 0 aromatic heterocycles. The van der Waals surface area contributed by atoms with Crippen molar-refractivity contribution in [3.8, 4) is 5.75 Å². The summed E-state index contributed by atoms with van der Waals surface area (Å²) in [5.41, 5.74) is 1.32. The molecule has 2 rings (SSSR count). The molecule has 0 N–H and O–H groups in total. The van der Waals surface area contributed by atoms with Crippen LogP contribution in [0.1, 0.15) is 70.3 Å². The number of epoxide rings is 1. The summed E-state index contributed by atoms with van der Waals surface area (Å²) in [6, 6.07) is 8.38. The molecule has 1 saturated heterocycles. The van der Waals surface area contributed by atoms with Gasteiger partial charge in [-0.2, -0.15) is 0 Å². The van der Waals surface area contributed by atoms with Crippen LogP contribution in [0, 0.1) is 0 Å². The lowest BCUT2D eigenvalue weighted by molar-refractivity contribution is 0.177. The van der Waals surface area contributed by atoms with E-state index in [9.17, 15) is 0 Å². The minimum absolute atomic E-state index is 0.000829. The summed E-state index contributed by atoms with van der Waals surface area (Å²) in [6.07, 6.45) is 21.7. The fraction of sp³-hybridized carbons (Fsp3) is 0.565. The molecule has 2 nitrogen and oxygen atoms in total. The van der Waals surface area contributed by atoms with Crippen molar-refractivity contribution < 1.29 is 9.47 Å². The SMILES string of the molecule is C/C=C/C/C=C/CCCCCCCCCc1ccccc1OC1CO1. The normalized spacial score (nSPS) is 16.8. The molecule has 138 valence electrons. The molecule has 1 aliphatic rings. The molecule has 1 aromatic carbocycles. The van der Waals surface area contributed by atoms with E-state index in [1.165, 1.54) is 56.9 Å². The highest BCUT2D eigenvalue weighted by molar-refractivity contribution is 5.33. The van der Waals surface area contributed by atoms with Crippen molar-refractivity contribution in [3.63, 3.8) is 0 Å². The monoisotopic (exact) mass is 342 g/mol. The minimum Gasteiger partial charge on any atom is -0.462 e. The molecule has 1 aromatic rings. The molecule has 0 spiro atoms. The predicted molar refractivity (Wildman–Crippen MR) is 106 cm³/mol.